The van der Waals surface area contributed by atoms with E-state index in [9.17, 15) is 9.59 Å². The Bertz CT molecular complexity index is 786. The predicted octanol–water partition coefficient (Wildman–Crippen LogP) is 4.37. The smallest absolute Gasteiger partial charge is 0.278 e. The molecule has 140 valence electrons. The summed E-state index contributed by atoms with van der Waals surface area (Å²) in [5, 5.41) is 7.29. The number of nitrogens with zero attached hydrogens (tertiary/aromatic N) is 2. The van der Waals surface area contributed by atoms with Gasteiger partial charge in [-0.15, -0.1) is 0 Å². The van der Waals surface area contributed by atoms with Crippen molar-refractivity contribution in [1.29, 1.82) is 0 Å². The summed E-state index contributed by atoms with van der Waals surface area (Å²) in [5.74, 6) is 0.646. The molecule has 0 saturated carbocycles. The van der Waals surface area contributed by atoms with Crippen LogP contribution in [0.1, 0.15) is 61.4 Å². The van der Waals surface area contributed by atoms with Crippen molar-refractivity contribution in [3.8, 4) is 0 Å². The summed E-state index contributed by atoms with van der Waals surface area (Å²) in [7, 11) is 0. The summed E-state index contributed by atoms with van der Waals surface area (Å²) >= 11 is 0. The molecule has 1 aromatic heterocycles. The molecule has 0 atom stereocenters. The molecule has 5 heteroatoms. The van der Waals surface area contributed by atoms with Crippen molar-refractivity contribution in [2.45, 2.75) is 54.4 Å². The van der Waals surface area contributed by atoms with Crippen molar-refractivity contribution >= 4 is 17.5 Å². The molecule has 1 aromatic carbocycles. The van der Waals surface area contributed by atoms with Crippen LogP contribution in [0, 0.1) is 25.7 Å². The lowest BCUT2D eigenvalue weighted by Gasteiger charge is -2.09. The van der Waals surface area contributed by atoms with Crippen LogP contribution in [0.15, 0.2) is 24.3 Å². The molecule has 0 aliphatic heterocycles. The standard InChI is InChI=1S/C21H29N3O2/c1-13(2)11-19-15(5)23-24(16(19)6)21(26)17-7-9-18(10-8-17)22-20(25)12-14(3)4/h7-10,13-14H,11-12H2,1-6H3,(H,22,25). The van der Waals surface area contributed by atoms with Crippen molar-refractivity contribution in [1.82, 2.24) is 9.78 Å². The maximum absolute atomic E-state index is 12.8. The largest absolute Gasteiger partial charge is 0.326 e. The van der Waals surface area contributed by atoms with Gasteiger partial charge in [0.05, 0.1) is 5.69 Å². The fraction of sp³-hybridized carbons (Fsp3) is 0.476. The molecular formula is C21H29N3O2. The van der Waals surface area contributed by atoms with Crippen LogP contribution >= 0.6 is 0 Å². The number of carbonyl (C=O) groups excluding carboxylic acids is 2. The third kappa shape index (κ3) is 4.81. The number of carbonyl (C=O) groups is 2. The summed E-state index contributed by atoms with van der Waals surface area (Å²) < 4.78 is 1.49. The quantitative estimate of drug-likeness (QED) is 0.837. The van der Waals surface area contributed by atoms with Crippen LogP contribution in [0.5, 0.6) is 0 Å². The van der Waals surface area contributed by atoms with E-state index in [1.54, 1.807) is 24.3 Å². The van der Waals surface area contributed by atoms with E-state index in [4.69, 9.17) is 0 Å². The van der Waals surface area contributed by atoms with Crippen LogP contribution in [0.2, 0.25) is 0 Å². The lowest BCUT2D eigenvalue weighted by atomic mass is 10.0. The summed E-state index contributed by atoms with van der Waals surface area (Å²) in [4.78, 5) is 24.7. The number of aryl methyl sites for hydroxylation is 1. The Morgan fingerprint density at radius 1 is 1.04 bits per heavy atom. The van der Waals surface area contributed by atoms with Gasteiger partial charge in [0, 0.05) is 23.4 Å². The van der Waals surface area contributed by atoms with Gasteiger partial charge in [-0.05, 0) is 61.9 Å². The third-order valence-corrected chi connectivity index (χ3v) is 4.26. The topological polar surface area (TPSA) is 64.0 Å². The fourth-order valence-electron chi connectivity index (χ4n) is 2.98. The minimum absolute atomic E-state index is 0.0176. The summed E-state index contributed by atoms with van der Waals surface area (Å²) in [5.41, 5.74) is 4.19. The molecule has 26 heavy (non-hydrogen) atoms. The summed E-state index contributed by atoms with van der Waals surface area (Å²) in [6.45, 7) is 12.2. The number of amides is 1. The van der Waals surface area contributed by atoms with Gasteiger partial charge in [-0.2, -0.15) is 5.10 Å². The Kier molecular flexibility index (Phi) is 6.35. The first-order valence-corrected chi connectivity index (χ1v) is 9.18. The molecule has 0 spiro atoms. The molecule has 0 aliphatic carbocycles. The number of rotatable bonds is 6. The second-order valence-electron chi connectivity index (χ2n) is 7.69. The monoisotopic (exact) mass is 355 g/mol. The molecule has 0 unspecified atom stereocenters. The second kappa shape index (κ2) is 8.30. The SMILES string of the molecule is Cc1nn(C(=O)c2ccc(NC(=O)CC(C)C)cc2)c(C)c1CC(C)C. The van der Waals surface area contributed by atoms with Crippen LogP contribution in [0.25, 0.3) is 0 Å². The number of aromatic nitrogens is 2. The van der Waals surface area contributed by atoms with Crippen LogP contribution < -0.4 is 5.32 Å². The van der Waals surface area contributed by atoms with Gasteiger partial charge in [0.15, 0.2) is 0 Å². The van der Waals surface area contributed by atoms with Gasteiger partial charge in [0.2, 0.25) is 5.91 Å². The number of hydrogen-bond donors (Lipinski definition) is 1. The minimum Gasteiger partial charge on any atom is -0.326 e. The van der Waals surface area contributed by atoms with Crippen molar-refractivity contribution in [3.05, 3.63) is 46.8 Å². The van der Waals surface area contributed by atoms with Crippen molar-refractivity contribution in [2.24, 2.45) is 11.8 Å². The first-order valence-electron chi connectivity index (χ1n) is 9.18. The fourth-order valence-corrected chi connectivity index (χ4v) is 2.98. The minimum atomic E-state index is -0.152. The average Bonchev–Trinajstić information content (AvgIpc) is 2.82. The Labute approximate surface area is 155 Å². The van der Waals surface area contributed by atoms with Crippen LogP contribution in [0.4, 0.5) is 5.69 Å². The van der Waals surface area contributed by atoms with E-state index in [0.29, 0.717) is 29.5 Å². The molecule has 0 fully saturated rings. The maximum Gasteiger partial charge on any atom is 0.278 e. The van der Waals surface area contributed by atoms with E-state index in [1.807, 2.05) is 27.7 Å². The number of nitrogens with one attached hydrogen (secondary N) is 1. The van der Waals surface area contributed by atoms with Gasteiger partial charge >= 0.3 is 0 Å². The highest BCUT2D eigenvalue weighted by Crippen LogP contribution is 2.19. The number of benzene rings is 1. The van der Waals surface area contributed by atoms with Crippen LogP contribution in [-0.4, -0.2) is 21.6 Å². The third-order valence-electron chi connectivity index (χ3n) is 4.26. The predicted molar refractivity (Wildman–Crippen MR) is 104 cm³/mol. The molecule has 0 radical (unpaired) electrons. The number of hydrogen-bond acceptors (Lipinski definition) is 3. The highest BCUT2D eigenvalue weighted by Gasteiger charge is 2.18. The zero-order valence-corrected chi connectivity index (χ0v) is 16.6. The van der Waals surface area contributed by atoms with Gasteiger partial charge in [-0.1, -0.05) is 27.7 Å². The maximum atomic E-state index is 12.8. The van der Waals surface area contributed by atoms with E-state index in [-0.39, 0.29) is 11.8 Å². The molecule has 1 amide bonds. The molecule has 2 rings (SSSR count). The van der Waals surface area contributed by atoms with Crippen LogP contribution in [0.3, 0.4) is 0 Å². The Balaban J connectivity index is 2.17. The molecule has 0 aliphatic rings. The van der Waals surface area contributed by atoms with Crippen LogP contribution in [-0.2, 0) is 11.2 Å². The van der Waals surface area contributed by atoms with E-state index in [2.05, 4.69) is 24.3 Å². The summed E-state index contributed by atoms with van der Waals surface area (Å²) in [6, 6.07) is 6.97. The number of anilines is 1. The Hall–Kier alpha value is -2.43. The lowest BCUT2D eigenvalue weighted by molar-refractivity contribution is -0.116. The Morgan fingerprint density at radius 2 is 1.65 bits per heavy atom. The molecule has 0 saturated heterocycles. The molecule has 1 N–H and O–H groups in total. The van der Waals surface area contributed by atoms with Gasteiger partial charge in [-0.3, -0.25) is 9.59 Å². The first-order chi connectivity index (χ1) is 12.2. The summed E-state index contributed by atoms with van der Waals surface area (Å²) in [6.07, 6.45) is 1.39. The van der Waals surface area contributed by atoms with Crippen molar-refractivity contribution in [2.75, 3.05) is 5.32 Å². The molecule has 2 aromatic rings. The van der Waals surface area contributed by atoms with E-state index < -0.39 is 0 Å². The Morgan fingerprint density at radius 3 is 2.19 bits per heavy atom. The highest BCUT2D eigenvalue weighted by atomic mass is 16.2. The van der Waals surface area contributed by atoms with Gasteiger partial charge < -0.3 is 5.32 Å². The van der Waals surface area contributed by atoms with E-state index >= 15 is 0 Å². The van der Waals surface area contributed by atoms with E-state index in [0.717, 1.165) is 23.4 Å². The van der Waals surface area contributed by atoms with E-state index in [1.165, 1.54) is 4.68 Å². The lowest BCUT2D eigenvalue weighted by Crippen LogP contribution is -2.16. The molecule has 1 heterocycles. The first kappa shape index (κ1) is 19.9. The zero-order valence-electron chi connectivity index (χ0n) is 16.6. The van der Waals surface area contributed by atoms with Crippen molar-refractivity contribution < 1.29 is 9.59 Å². The molecule has 0 bridgehead atoms. The van der Waals surface area contributed by atoms with Crippen molar-refractivity contribution in [3.63, 3.8) is 0 Å². The van der Waals surface area contributed by atoms with Gasteiger partial charge in [0.1, 0.15) is 0 Å². The van der Waals surface area contributed by atoms with Gasteiger partial charge in [-0.25, -0.2) is 4.68 Å². The molecule has 5 nitrogen and oxygen atoms in total. The normalized spacial score (nSPS) is 11.2. The van der Waals surface area contributed by atoms with Gasteiger partial charge in [0.25, 0.3) is 5.91 Å². The molecular weight excluding hydrogens is 326 g/mol. The average molecular weight is 355 g/mol. The second-order valence-corrected chi connectivity index (χ2v) is 7.69. The highest BCUT2D eigenvalue weighted by molar-refractivity contribution is 5.97. The zero-order chi connectivity index (χ0) is 19.4.